The monoisotopic (exact) mass is 415 g/mol. The van der Waals surface area contributed by atoms with Gasteiger partial charge in [-0.1, -0.05) is 0 Å². The number of esters is 2. The molecule has 0 radical (unpaired) electrons. The zero-order valence-corrected chi connectivity index (χ0v) is 15.6. The van der Waals surface area contributed by atoms with Crippen LogP contribution in [0.3, 0.4) is 0 Å². The fraction of sp³-hybridized carbons (Fsp3) is 0.105. The van der Waals surface area contributed by atoms with Crippen molar-refractivity contribution < 1.29 is 19.1 Å². The van der Waals surface area contributed by atoms with Gasteiger partial charge in [0.2, 0.25) is 0 Å². The van der Waals surface area contributed by atoms with Crippen LogP contribution in [-0.2, 0) is 9.59 Å². The number of benzene rings is 2. The fourth-order valence-corrected chi connectivity index (χ4v) is 3.18. The van der Waals surface area contributed by atoms with E-state index in [1.165, 1.54) is 18.4 Å². The van der Waals surface area contributed by atoms with E-state index in [-0.39, 0.29) is 5.56 Å². The maximum Gasteiger partial charge on any atom is 0.308 e. The Morgan fingerprint density at radius 1 is 0.885 bits per heavy atom. The van der Waals surface area contributed by atoms with E-state index in [1.807, 2.05) is 0 Å². The van der Waals surface area contributed by atoms with Crippen LogP contribution in [-0.4, -0.2) is 16.5 Å². The second-order valence-electron chi connectivity index (χ2n) is 5.54. The molecule has 0 atom stereocenters. The predicted octanol–water partition coefficient (Wildman–Crippen LogP) is 3.60. The summed E-state index contributed by atoms with van der Waals surface area (Å²) in [4.78, 5) is 35.0. The van der Waals surface area contributed by atoms with E-state index in [0.717, 1.165) is 0 Å². The Balaban J connectivity index is 2.08. The molecule has 0 aliphatic carbocycles. The summed E-state index contributed by atoms with van der Waals surface area (Å²) in [6.45, 7) is 2.64. The number of rotatable bonds is 3. The standard InChI is InChI=1S/C19H14BrNO5/c1-11(22)25-15-5-3-14(4-6-15)21-18(20)10-13-9-16(26-12(2)23)7-8-17(13)19(21)24/h3-10H,1-2H3. The first-order valence-electron chi connectivity index (χ1n) is 7.68. The second-order valence-corrected chi connectivity index (χ2v) is 6.35. The molecule has 7 heteroatoms. The molecule has 3 rings (SSSR count). The van der Waals surface area contributed by atoms with E-state index in [1.54, 1.807) is 48.5 Å². The molecule has 0 aliphatic rings. The lowest BCUT2D eigenvalue weighted by Crippen LogP contribution is -2.19. The fourth-order valence-electron chi connectivity index (χ4n) is 2.56. The molecule has 1 aromatic heterocycles. The van der Waals surface area contributed by atoms with Gasteiger partial charge in [0.25, 0.3) is 5.56 Å². The maximum absolute atomic E-state index is 12.9. The van der Waals surface area contributed by atoms with E-state index >= 15 is 0 Å². The zero-order chi connectivity index (χ0) is 18.8. The lowest BCUT2D eigenvalue weighted by atomic mass is 10.1. The van der Waals surface area contributed by atoms with Crippen molar-refractivity contribution in [2.24, 2.45) is 0 Å². The zero-order valence-electron chi connectivity index (χ0n) is 14.0. The van der Waals surface area contributed by atoms with E-state index < -0.39 is 11.9 Å². The summed E-state index contributed by atoms with van der Waals surface area (Å²) >= 11 is 3.41. The van der Waals surface area contributed by atoms with E-state index in [9.17, 15) is 14.4 Å². The highest BCUT2D eigenvalue weighted by atomic mass is 79.9. The molecule has 0 spiro atoms. The molecule has 6 nitrogen and oxygen atoms in total. The smallest absolute Gasteiger partial charge is 0.308 e. The number of pyridine rings is 1. The molecule has 0 unspecified atom stereocenters. The van der Waals surface area contributed by atoms with Gasteiger partial charge in [0.15, 0.2) is 0 Å². The first-order chi connectivity index (χ1) is 12.3. The number of hydrogen-bond donors (Lipinski definition) is 0. The van der Waals surface area contributed by atoms with Gasteiger partial charge in [-0.3, -0.25) is 19.0 Å². The normalized spacial score (nSPS) is 10.6. The number of carbonyl (C=O) groups is 2. The van der Waals surface area contributed by atoms with Gasteiger partial charge in [-0.2, -0.15) is 0 Å². The van der Waals surface area contributed by atoms with Crippen LogP contribution in [0, 0.1) is 0 Å². The quantitative estimate of drug-likeness (QED) is 0.371. The Morgan fingerprint density at radius 2 is 1.46 bits per heavy atom. The van der Waals surface area contributed by atoms with Crippen molar-refractivity contribution in [3.63, 3.8) is 0 Å². The topological polar surface area (TPSA) is 74.6 Å². The number of hydrogen-bond acceptors (Lipinski definition) is 5. The lowest BCUT2D eigenvalue weighted by molar-refractivity contribution is -0.132. The van der Waals surface area contributed by atoms with Gasteiger partial charge >= 0.3 is 11.9 Å². The van der Waals surface area contributed by atoms with E-state index in [0.29, 0.717) is 32.6 Å². The van der Waals surface area contributed by atoms with Gasteiger partial charge in [-0.25, -0.2) is 0 Å². The largest absolute Gasteiger partial charge is 0.427 e. The summed E-state index contributed by atoms with van der Waals surface area (Å²) in [5.41, 5.74) is 0.382. The Morgan fingerprint density at radius 3 is 2.08 bits per heavy atom. The van der Waals surface area contributed by atoms with Gasteiger partial charge in [-0.15, -0.1) is 0 Å². The van der Waals surface area contributed by atoms with Crippen LogP contribution in [0.25, 0.3) is 16.5 Å². The molecule has 26 heavy (non-hydrogen) atoms. The lowest BCUT2D eigenvalue weighted by Gasteiger charge is -2.12. The Kier molecular flexibility index (Phi) is 4.90. The summed E-state index contributed by atoms with van der Waals surface area (Å²) in [7, 11) is 0. The molecule has 1 heterocycles. The average Bonchev–Trinajstić information content (AvgIpc) is 2.55. The second kappa shape index (κ2) is 7.13. The summed E-state index contributed by atoms with van der Waals surface area (Å²) < 4.78 is 12.1. The van der Waals surface area contributed by atoms with E-state index in [4.69, 9.17) is 9.47 Å². The molecule has 0 N–H and O–H groups in total. The molecular formula is C19H14BrNO5. The molecule has 0 saturated heterocycles. The van der Waals surface area contributed by atoms with Crippen LogP contribution in [0.15, 0.2) is 57.9 Å². The number of ether oxygens (including phenoxy) is 2. The highest BCUT2D eigenvalue weighted by Gasteiger charge is 2.11. The van der Waals surface area contributed by atoms with Crippen molar-refractivity contribution in [1.29, 1.82) is 0 Å². The van der Waals surface area contributed by atoms with Gasteiger partial charge in [0.1, 0.15) is 11.5 Å². The van der Waals surface area contributed by atoms with E-state index in [2.05, 4.69) is 15.9 Å². The van der Waals surface area contributed by atoms with Crippen LogP contribution in [0.1, 0.15) is 13.8 Å². The minimum atomic E-state index is -0.426. The predicted molar refractivity (Wildman–Crippen MR) is 99.9 cm³/mol. The Bertz CT molecular complexity index is 1070. The summed E-state index contributed by atoms with van der Waals surface area (Å²) in [5, 5.41) is 1.13. The SMILES string of the molecule is CC(=O)Oc1ccc(-n2c(Br)cc3cc(OC(C)=O)ccc3c2=O)cc1. The Hall–Kier alpha value is -2.93. The first kappa shape index (κ1) is 17.9. The summed E-state index contributed by atoms with van der Waals surface area (Å²) in [6, 6.07) is 13.2. The molecule has 132 valence electrons. The number of fused-ring (bicyclic) bond motifs is 1. The minimum absolute atomic E-state index is 0.232. The number of carbonyl (C=O) groups excluding carboxylic acids is 2. The third kappa shape index (κ3) is 3.67. The molecule has 0 aliphatic heterocycles. The molecule has 3 aromatic rings. The number of aromatic nitrogens is 1. The van der Waals surface area contributed by atoms with Crippen molar-refractivity contribution in [2.45, 2.75) is 13.8 Å². The third-order valence-corrected chi connectivity index (χ3v) is 4.15. The van der Waals surface area contributed by atoms with Crippen LogP contribution in [0.5, 0.6) is 11.5 Å². The highest BCUT2D eigenvalue weighted by molar-refractivity contribution is 9.10. The Labute approximate surface area is 157 Å². The highest BCUT2D eigenvalue weighted by Crippen LogP contribution is 2.25. The number of halogens is 1. The first-order valence-corrected chi connectivity index (χ1v) is 8.47. The van der Waals surface area contributed by atoms with Crippen molar-refractivity contribution in [3.05, 3.63) is 63.5 Å². The maximum atomic E-state index is 12.9. The minimum Gasteiger partial charge on any atom is -0.427 e. The average molecular weight is 416 g/mol. The molecule has 2 aromatic carbocycles. The summed E-state index contributed by atoms with van der Waals surface area (Å²) in [5.74, 6) is -0.0629. The van der Waals surface area contributed by atoms with Gasteiger partial charge in [-0.05, 0) is 69.8 Å². The molecular weight excluding hydrogens is 402 g/mol. The van der Waals surface area contributed by atoms with Crippen LogP contribution < -0.4 is 15.0 Å². The van der Waals surface area contributed by atoms with Crippen LogP contribution in [0.4, 0.5) is 0 Å². The van der Waals surface area contributed by atoms with Crippen molar-refractivity contribution in [2.75, 3.05) is 0 Å². The van der Waals surface area contributed by atoms with Crippen LogP contribution >= 0.6 is 15.9 Å². The van der Waals surface area contributed by atoms with Gasteiger partial charge in [0, 0.05) is 19.2 Å². The van der Waals surface area contributed by atoms with Crippen molar-refractivity contribution in [1.82, 2.24) is 4.57 Å². The molecule has 0 bridgehead atoms. The van der Waals surface area contributed by atoms with Crippen molar-refractivity contribution in [3.8, 4) is 17.2 Å². The summed E-state index contributed by atoms with van der Waals surface area (Å²) in [6.07, 6.45) is 0. The van der Waals surface area contributed by atoms with Crippen LogP contribution in [0.2, 0.25) is 0 Å². The molecule has 0 saturated carbocycles. The number of nitrogens with zero attached hydrogens (tertiary/aromatic N) is 1. The van der Waals surface area contributed by atoms with Gasteiger partial charge in [0.05, 0.1) is 10.3 Å². The molecule has 0 fully saturated rings. The third-order valence-electron chi connectivity index (χ3n) is 3.56. The van der Waals surface area contributed by atoms with Gasteiger partial charge < -0.3 is 9.47 Å². The molecule has 0 amide bonds. The van der Waals surface area contributed by atoms with Crippen molar-refractivity contribution >= 4 is 38.6 Å².